The van der Waals surface area contributed by atoms with Crippen molar-refractivity contribution in [3.8, 4) is 0 Å². The molecule has 2 amide bonds. The van der Waals surface area contributed by atoms with Crippen molar-refractivity contribution in [1.29, 1.82) is 0 Å². The number of unbranched alkanes of at least 4 members (excludes halogenated alkanes) is 28. The zero-order valence-electron chi connectivity index (χ0n) is 48.3. The summed E-state index contributed by atoms with van der Waals surface area (Å²) in [6.07, 6.45) is 38.4. The Labute approximate surface area is 464 Å². The lowest BCUT2D eigenvalue weighted by Crippen LogP contribution is -2.47. The van der Waals surface area contributed by atoms with Crippen LogP contribution in [0, 0.1) is 0 Å². The van der Waals surface area contributed by atoms with Gasteiger partial charge in [-0.15, -0.1) is 0 Å². The standard InChI is InChI=1S/C58H109N5O14/c1-3-5-7-9-11-13-15-17-19-21-23-25-27-29-31-33-57(72)76-45-43-74-41-35-59-52(64)47-62(50-55(68)69)39-37-61(49-54(66)67)38-40-63(51-56(70)71)48-53(65)60-36-42-75-44-46-77-58(73)34-32-30-28-26-24-22-20-18-16-14-12-10-8-6-4-2/h3-51H2,1-2H3,(H,59,64)(H,60,65)(H,66,67)(H,68,69)(H,70,71). The van der Waals surface area contributed by atoms with Crippen LogP contribution < -0.4 is 10.6 Å². The number of nitrogens with one attached hydrogen (secondary N) is 2. The summed E-state index contributed by atoms with van der Waals surface area (Å²) in [6.45, 7) is 3.66. The van der Waals surface area contributed by atoms with Crippen molar-refractivity contribution in [3.63, 3.8) is 0 Å². The van der Waals surface area contributed by atoms with Crippen LogP contribution in [0.1, 0.15) is 219 Å². The van der Waals surface area contributed by atoms with Crippen LogP contribution in [-0.4, -0.2) is 183 Å². The minimum Gasteiger partial charge on any atom is -0.480 e. The van der Waals surface area contributed by atoms with E-state index in [4.69, 9.17) is 18.9 Å². The maximum absolute atomic E-state index is 12.7. The van der Waals surface area contributed by atoms with Gasteiger partial charge in [0.25, 0.3) is 0 Å². The Morgan fingerprint density at radius 3 is 0.870 bits per heavy atom. The van der Waals surface area contributed by atoms with Crippen LogP contribution in [-0.2, 0) is 52.5 Å². The summed E-state index contributed by atoms with van der Waals surface area (Å²) in [7, 11) is 0. The third kappa shape index (κ3) is 55.2. The number of carboxylic acids is 3. The topological polar surface area (TPSA) is 251 Å². The summed E-state index contributed by atoms with van der Waals surface area (Å²) < 4.78 is 21.5. The Morgan fingerprint density at radius 1 is 0.325 bits per heavy atom. The Kier molecular flexibility index (Phi) is 52.6. The predicted molar refractivity (Wildman–Crippen MR) is 301 cm³/mol. The average Bonchev–Trinajstić information content (AvgIpc) is 3.38. The molecule has 0 radical (unpaired) electrons. The monoisotopic (exact) mass is 1100 g/mol. The van der Waals surface area contributed by atoms with E-state index in [1.807, 2.05) is 0 Å². The highest BCUT2D eigenvalue weighted by molar-refractivity contribution is 5.79. The van der Waals surface area contributed by atoms with Crippen LogP contribution in [0.2, 0.25) is 0 Å². The summed E-state index contributed by atoms with van der Waals surface area (Å²) >= 11 is 0. The molecule has 0 unspecified atom stereocenters. The largest absolute Gasteiger partial charge is 0.480 e. The van der Waals surface area contributed by atoms with Crippen molar-refractivity contribution in [1.82, 2.24) is 25.3 Å². The summed E-state index contributed by atoms with van der Waals surface area (Å²) in [5, 5.41) is 33.9. The summed E-state index contributed by atoms with van der Waals surface area (Å²) in [6, 6.07) is 0. The third-order valence-electron chi connectivity index (χ3n) is 13.4. The first-order chi connectivity index (χ1) is 37.4. The minimum absolute atomic E-state index is 0.00637. The van der Waals surface area contributed by atoms with Gasteiger partial charge < -0.3 is 44.9 Å². The van der Waals surface area contributed by atoms with Gasteiger partial charge in [0, 0.05) is 52.1 Å². The highest BCUT2D eigenvalue weighted by Gasteiger charge is 2.20. The fourth-order valence-electron chi connectivity index (χ4n) is 8.94. The molecule has 5 N–H and O–H groups in total. The lowest BCUT2D eigenvalue weighted by molar-refractivity contribution is -0.146. The van der Waals surface area contributed by atoms with E-state index < -0.39 is 49.4 Å². The second kappa shape index (κ2) is 55.4. The molecular formula is C58H109N5O14. The summed E-state index contributed by atoms with van der Waals surface area (Å²) in [5.41, 5.74) is 0. The molecule has 19 heteroatoms. The quantitative estimate of drug-likeness (QED) is 0.0281. The van der Waals surface area contributed by atoms with Crippen LogP contribution in [0.25, 0.3) is 0 Å². The van der Waals surface area contributed by atoms with Gasteiger partial charge in [0.05, 0.1) is 59.2 Å². The van der Waals surface area contributed by atoms with Crippen LogP contribution in [0.15, 0.2) is 0 Å². The first-order valence-corrected chi connectivity index (χ1v) is 30.2. The van der Waals surface area contributed by atoms with Crippen LogP contribution in [0.4, 0.5) is 0 Å². The molecule has 0 bridgehead atoms. The molecule has 0 heterocycles. The van der Waals surface area contributed by atoms with Gasteiger partial charge in [-0.2, -0.15) is 0 Å². The lowest BCUT2D eigenvalue weighted by atomic mass is 10.0. The van der Waals surface area contributed by atoms with E-state index in [0.717, 1.165) is 38.5 Å². The Bertz CT molecular complexity index is 1380. The van der Waals surface area contributed by atoms with Crippen LogP contribution >= 0.6 is 0 Å². The van der Waals surface area contributed by atoms with Crippen LogP contribution in [0.3, 0.4) is 0 Å². The fraction of sp³-hybridized carbons (Fsp3) is 0.879. The predicted octanol–water partition coefficient (Wildman–Crippen LogP) is 9.02. The highest BCUT2D eigenvalue weighted by atomic mass is 16.6. The third-order valence-corrected chi connectivity index (χ3v) is 13.4. The SMILES string of the molecule is CCCCCCCCCCCCCCCCCC(=O)OCCOCCNC(=O)CN(CCN(CCN(CC(=O)O)CC(=O)NCCOCCOC(=O)CCCCCCCCCCCCCCCCC)CC(=O)O)CC(=O)O. The molecule has 0 spiro atoms. The Hall–Kier alpha value is -3.91. The normalized spacial score (nSPS) is 11.4. The molecule has 0 saturated heterocycles. The molecule has 0 aliphatic rings. The first kappa shape index (κ1) is 73.1. The number of hydrogen-bond donors (Lipinski definition) is 5. The number of carbonyl (C=O) groups is 7. The number of amides is 2. The van der Waals surface area contributed by atoms with E-state index in [9.17, 15) is 48.9 Å². The maximum atomic E-state index is 12.7. The molecule has 0 aliphatic carbocycles. The van der Waals surface area contributed by atoms with Gasteiger partial charge in [-0.1, -0.05) is 194 Å². The van der Waals surface area contributed by atoms with E-state index in [1.54, 1.807) is 0 Å². The molecule has 0 saturated carbocycles. The summed E-state index contributed by atoms with van der Waals surface area (Å²) in [4.78, 5) is 88.8. The molecule has 77 heavy (non-hydrogen) atoms. The lowest BCUT2D eigenvalue weighted by Gasteiger charge is -2.28. The zero-order valence-corrected chi connectivity index (χ0v) is 48.3. The number of carboxylic acid groups (broad SMARTS) is 3. The van der Waals surface area contributed by atoms with Gasteiger partial charge in [-0.3, -0.25) is 48.3 Å². The van der Waals surface area contributed by atoms with Crippen molar-refractivity contribution in [2.24, 2.45) is 0 Å². The van der Waals surface area contributed by atoms with Gasteiger partial charge in [-0.25, -0.2) is 0 Å². The van der Waals surface area contributed by atoms with Crippen molar-refractivity contribution in [2.45, 2.75) is 219 Å². The Morgan fingerprint density at radius 2 is 0.584 bits per heavy atom. The van der Waals surface area contributed by atoms with Gasteiger partial charge in [0.2, 0.25) is 11.8 Å². The summed E-state index contributed by atoms with van der Waals surface area (Å²) in [5.74, 6) is -5.00. The molecular weight excluding hydrogens is 991 g/mol. The zero-order chi connectivity index (χ0) is 56.7. The number of esters is 2. The number of aliphatic carboxylic acids is 3. The van der Waals surface area contributed by atoms with Crippen molar-refractivity contribution in [3.05, 3.63) is 0 Å². The Balaban J connectivity index is 4.28. The molecule has 0 aliphatic heterocycles. The first-order valence-electron chi connectivity index (χ1n) is 30.2. The van der Waals surface area contributed by atoms with Gasteiger partial charge in [-0.05, 0) is 12.8 Å². The molecule has 19 nitrogen and oxygen atoms in total. The molecule has 0 aromatic rings. The number of hydrogen-bond acceptors (Lipinski definition) is 14. The highest BCUT2D eigenvalue weighted by Crippen LogP contribution is 2.16. The minimum atomic E-state index is -1.19. The molecule has 0 atom stereocenters. The molecule has 0 aromatic heterocycles. The van der Waals surface area contributed by atoms with E-state index >= 15 is 0 Å². The van der Waals surface area contributed by atoms with Gasteiger partial charge in [0.15, 0.2) is 0 Å². The smallest absolute Gasteiger partial charge is 0.317 e. The molecule has 0 aromatic carbocycles. The second-order valence-corrected chi connectivity index (χ2v) is 20.6. The van der Waals surface area contributed by atoms with Crippen molar-refractivity contribution in [2.75, 3.05) is 112 Å². The molecule has 0 rings (SSSR count). The van der Waals surface area contributed by atoms with Crippen molar-refractivity contribution < 1.29 is 67.8 Å². The molecule has 450 valence electrons. The van der Waals surface area contributed by atoms with Gasteiger partial charge in [0.1, 0.15) is 13.2 Å². The van der Waals surface area contributed by atoms with Gasteiger partial charge >= 0.3 is 29.8 Å². The second-order valence-electron chi connectivity index (χ2n) is 20.6. The van der Waals surface area contributed by atoms with E-state index in [-0.39, 0.29) is 104 Å². The molecule has 0 fully saturated rings. The number of ether oxygens (including phenoxy) is 4. The van der Waals surface area contributed by atoms with Crippen molar-refractivity contribution >= 4 is 41.7 Å². The maximum Gasteiger partial charge on any atom is 0.317 e. The number of carbonyl (C=O) groups excluding carboxylic acids is 4. The number of nitrogens with zero attached hydrogens (tertiary/aromatic N) is 3. The van der Waals surface area contributed by atoms with Crippen LogP contribution in [0.5, 0.6) is 0 Å². The van der Waals surface area contributed by atoms with E-state index in [0.29, 0.717) is 12.8 Å². The number of rotatable bonds is 60. The van der Waals surface area contributed by atoms with E-state index in [1.165, 1.54) is 169 Å². The fourth-order valence-corrected chi connectivity index (χ4v) is 8.94. The average molecular weight is 1100 g/mol. The van der Waals surface area contributed by atoms with E-state index in [2.05, 4.69) is 24.5 Å².